The minimum atomic E-state index is 0.162. The molecule has 0 radical (unpaired) electrons. The van der Waals surface area contributed by atoms with Crippen molar-refractivity contribution in [1.29, 1.82) is 0 Å². The number of rotatable bonds is 3. The molecule has 13 heavy (non-hydrogen) atoms. The minimum absolute atomic E-state index is 0.162. The summed E-state index contributed by atoms with van der Waals surface area (Å²) in [5.74, 6) is 0. The van der Waals surface area contributed by atoms with Gasteiger partial charge in [0.2, 0.25) is 0 Å². The maximum absolute atomic E-state index is 3.40. The van der Waals surface area contributed by atoms with Gasteiger partial charge in [-0.1, -0.05) is 27.8 Å². The Hall–Kier alpha value is -0.310. The summed E-state index contributed by atoms with van der Waals surface area (Å²) < 4.78 is 0. The Labute approximate surface area is 82.2 Å². The highest BCUT2D eigenvalue weighted by Crippen LogP contribution is 2.67. The van der Waals surface area contributed by atoms with Gasteiger partial charge in [0.05, 0.1) is 0 Å². The third kappa shape index (κ3) is 1.54. The van der Waals surface area contributed by atoms with Crippen molar-refractivity contribution in [2.75, 3.05) is 0 Å². The fraction of sp³-hybridized carbons (Fsp3) is 0.583. The monoisotopic (exact) mass is 192 g/mol. The van der Waals surface area contributed by atoms with Crippen LogP contribution in [0.4, 0.5) is 0 Å². The van der Waals surface area contributed by atoms with E-state index in [1.165, 1.54) is 24.6 Å². The van der Waals surface area contributed by atoms with Gasteiger partial charge in [0, 0.05) is 5.31 Å². The van der Waals surface area contributed by atoms with E-state index in [0.29, 0.717) is 0 Å². The molecule has 1 fully saturated rings. The van der Waals surface area contributed by atoms with Crippen LogP contribution in [0.3, 0.4) is 0 Å². The van der Waals surface area contributed by atoms with Crippen LogP contribution >= 0.6 is 7.92 Å². The standard InChI is InChI=1S/C12H17P/c1-3-10-9-11(4-2)13(10)12-7-5-6-8-12/h5-7,10-11H,3-4,9H2,1-2H3/t10-,11-/m0/s1. The lowest BCUT2D eigenvalue weighted by Crippen LogP contribution is -2.29. The summed E-state index contributed by atoms with van der Waals surface area (Å²) in [5, 5.41) is 1.53. The molecule has 1 saturated heterocycles. The first kappa shape index (κ1) is 9.25. The smallest absolute Gasteiger partial charge is 0.0180 e. The highest BCUT2D eigenvalue weighted by atomic mass is 31.1. The van der Waals surface area contributed by atoms with Gasteiger partial charge < -0.3 is 0 Å². The molecule has 70 valence electrons. The Morgan fingerprint density at radius 3 is 2.54 bits per heavy atom. The second-order valence-electron chi connectivity index (χ2n) is 3.82. The van der Waals surface area contributed by atoms with Crippen LogP contribution in [0.25, 0.3) is 0 Å². The van der Waals surface area contributed by atoms with E-state index in [1.807, 2.05) is 0 Å². The van der Waals surface area contributed by atoms with Crippen LogP contribution in [0.2, 0.25) is 0 Å². The van der Waals surface area contributed by atoms with Gasteiger partial charge >= 0.3 is 0 Å². The first-order valence-electron chi connectivity index (χ1n) is 5.28. The van der Waals surface area contributed by atoms with E-state index >= 15 is 0 Å². The van der Waals surface area contributed by atoms with Gasteiger partial charge in [-0.05, 0) is 42.7 Å². The first-order chi connectivity index (χ1) is 6.36. The van der Waals surface area contributed by atoms with Crippen molar-refractivity contribution in [2.45, 2.75) is 44.4 Å². The molecule has 0 nitrogen and oxygen atoms in total. The molecule has 0 aromatic rings. The van der Waals surface area contributed by atoms with Gasteiger partial charge in [0.15, 0.2) is 0 Å². The lowest BCUT2D eigenvalue weighted by atomic mass is 10.1. The van der Waals surface area contributed by atoms with E-state index in [-0.39, 0.29) is 7.92 Å². The van der Waals surface area contributed by atoms with Gasteiger partial charge in [-0.15, -0.1) is 5.73 Å². The molecule has 0 aromatic heterocycles. The van der Waals surface area contributed by atoms with Crippen LogP contribution in [0.15, 0.2) is 29.3 Å². The fourth-order valence-electron chi connectivity index (χ4n) is 2.30. The largest absolute Gasteiger partial charge is 0.112 e. The summed E-state index contributed by atoms with van der Waals surface area (Å²) in [6.45, 7) is 4.66. The lowest BCUT2D eigenvalue weighted by Gasteiger charge is -2.45. The topological polar surface area (TPSA) is 0 Å². The zero-order chi connectivity index (χ0) is 9.26. The van der Waals surface area contributed by atoms with Crippen LogP contribution < -0.4 is 0 Å². The quantitative estimate of drug-likeness (QED) is 0.467. The van der Waals surface area contributed by atoms with Gasteiger partial charge in [-0.3, -0.25) is 0 Å². The Morgan fingerprint density at radius 2 is 2.08 bits per heavy atom. The highest BCUT2D eigenvalue weighted by molar-refractivity contribution is 7.65. The first-order valence-corrected chi connectivity index (χ1v) is 6.76. The van der Waals surface area contributed by atoms with Crippen LogP contribution in [-0.2, 0) is 0 Å². The zero-order valence-electron chi connectivity index (χ0n) is 8.46. The molecule has 1 heteroatoms. The predicted molar refractivity (Wildman–Crippen MR) is 60.4 cm³/mol. The Balaban J connectivity index is 2.10. The SMILES string of the molecule is CC[C@H]1C[C@H](CC)P1C1=C=CC=C1. The van der Waals surface area contributed by atoms with Gasteiger partial charge in [0.1, 0.15) is 0 Å². The summed E-state index contributed by atoms with van der Waals surface area (Å²) in [6, 6.07) is 0. The molecule has 1 aliphatic carbocycles. The van der Waals surface area contributed by atoms with Crippen molar-refractivity contribution in [3.8, 4) is 0 Å². The number of hydrogen-bond acceptors (Lipinski definition) is 0. The summed E-state index contributed by atoms with van der Waals surface area (Å²) in [6.07, 6.45) is 10.7. The summed E-state index contributed by atoms with van der Waals surface area (Å²) in [4.78, 5) is 0. The van der Waals surface area contributed by atoms with E-state index in [4.69, 9.17) is 0 Å². The average molecular weight is 192 g/mol. The molecule has 0 bridgehead atoms. The lowest BCUT2D eigenvalue weighted by molar-refractivity contribution is 0.608. The molecule has 0 aromatic carbocycles. The summed E-state index contributed by atoms with van der Waals surface area (Å²) in [7, 11) is 0.162. The number of allylic oxidation sites excluding steroid dienone is 3. The van der Waals surface area contributed by atoms with Gasteiger partial charge in [-0.25, -0.2) is 0 Å². The Morgan fingerprint density at radius 1 is 1.38 bits per heavy atom. The molecule has 0 saturated carbocycles. The van der Waals surface area contributed by atoms with Gasteiger partial charge in [-0.2, -0.15) is 0 Å². The molecule has 2 rings (SSSR count). The van der Waals surface area contributed by atoms with Crippen molar-refractivity contribution in [1.82, 2.24) is 0 Å². The van der Waals surface area contributed by atoms with E-state index < -0.39 is 0 Å². The fourth-order valence-corrected chi connectivity index (χ4v) is 5.53. The third-order valence-electron chi connectivity index (χ3n) is 3.13. The highest BCUT2D eigenvalue weighted by Gasteiger charge is 2.39. The molecule has 2 atom stereocenters. The van der Waals surface area contributed by atoms with Crippen molar-refractivity contribution in [2.24, 2.45) is 0 Å². The van der Waals surface area contributed by atoms with Crippen molar-refractivity contribution >= 4 is 7.92 Å². The Kier molecular flexibility index (Phi) is 2.72. The van der Waals surface area contributed by atoms with E-state index in [1.54, 1.807) is 0 Å². The molecule has 0 spiro atoms. The van der Waals surface area contributed by atoms with E-state index in [0.717, 1.165) is 11.3 Å². The minimum Gasteiger partial charge on any atom is -0.112 e. The van der Waals surface area contributed by atoms with Crippen molar-refractivity contribution < 1.29 is 0 Å². The van der Waals surface area contributed by atoms with Gasteiger partial charge in [0.25, 0.3) is 0 Å². The maximum Gasteiger partial charge on any atom is 0.0180 e. The van der Waals surface area contributed by atoms with Crippen molar-refractivity contribution in [3.05, 3.63) is 29.3 Å². The summed E-state index contributed by atoms with van der Waals surface area (Å²) >= 11 is 0. The summed E-state index contributed by atoms with van der Waals surface area (Å²) in [5.41, 5.74) is 5.39. The molecule has 2 aliphatic rings. The molecule has 1 heterocycles. The average Bonchev–Trinajstić information content (AvgIpc) is 2.57. The normalized spacial score (nSPS) is 32.0. The van der Waals surface area contributed by atoms with Crippen LogP contribution in [0.5, 0.6) is 0 Å². The number of hydrogen-bond donors (Lipinski definition) is 0. The molecule has 0 amide bonds. The second-order valence-corrected chi connectivity index (χ2v) is 6.58. The predicted octanol–water partition coefficient (Wildman–Crippen LogP) is 4.04. The Bertz CT molecular complexity index is 271. The van der Waals surface area contributed by atoms with E-state index in [9.17, 15) is 0 Å². The molecular formula is C12H17P. The van der Waals surface area contributed by atoms with Crippen molar-refractivity contribution in [3.63, 3.8) is 0 Å². The van der Waals surface area contributed by atoms with Crippen LogP contribution in [0, 0.1) is 0 Å². The van der Waals surface area contributed by atoms with Crippen LogP contribution in [0.1, 0.15) is 33.1 Å². The molecule has 0 unspecified atom stereocenters. The third-order valence-corrected chi connectivity index (χ3v) is 6.69. The molecular weight excluding hydrogens is 175 g/mol. The zero-order valence-corrected chi connectivity index (χ0v) is 9.35. The molecule has 1 aliphatic heterocycles. The molecule has 0 N–H and O–H groups in total. The van der Waals surface area contributed by atoms with E-state index in [2.05, 4.69) is 37.8 Å². The second kappa shape index (κ2) is 3.82. The van der Waals surface area contributed by atoms with Crippen LogP contribution in [-0.4, -0.2) is 11.3 Å². The maximum atomic E-state index is 3.40.